The molecule has 0 saturated carbocycles. The predicted molar refractivity (Wildman–Crippen MR) is 193 cm³/mol. The van der Waals surface area contributed by atoms with Crippen LogP contribution in [0.25, 0.3) is 16.7 Å². The SMILES string of the molecule is CC(C)(C)OC(=O)N1CCCC[C@H]1C1=NC=C(c2ccc3c(c2)Oc2ccc(-c4cnc([C@@H]5CCCCN5C(=O)OC(C)(C)C)[nH]4)cc2O3)B1. The summed E-state index contributed by atoms with van der Waals surface area (Å²) in [6.45, 7) is 12.6. The normalized spacial score (nSPS) is 20.4. The van der Waals surface area contributed by atoms with Gasteiger partial charge in [-0.15, -0.1) is 0 Å². The minimum atomic E-state index is -0.563. The Bertz CT molecular complexity index is 1850. The number of aliphatic imine (C=N–C) groups is 1. The first-order valence-corrected chi connectivity index (χ1v) is 17.8. The summed E-state index contributed by atoms with van der Waals surface area (Å²) in [6.07, 6.45) is 8.79. The fraction of sp³-hybridized carbons (Fsp3) is 0.474. The Balaban J connectivity index is 1.02. The Morgan fingerprint density at radius 2 is 1.34 bits per heavy atom. The van der Waals surface area contributed by atoms with Crippen LogP contribution in [0.1, 0.15) is 97.5 Å². The topological polar surface area (TPSA) is 119 Å². The van der Waals surface area contributed by atoms with E-state index >= 15 is 0 Å². The molecule has 4 aliphatic heterocycles. The number of amides is 2. The third-order valence-corrected chi connectivity index (χ3v) is 9.32. The Labute approximate surface area is 294 Å². The molecule has 2 amide bonds. The van der Waals surface area contributed by atoms with Crippen molar-refractivity contribution in [2.75, 3.05) is 13.1 Å². The second-order valence-electron chi connectivity index (χ2n) is 15.5. The molecule has 4 aliphatic rings. The number of imidazole rings is 1. The Morgan fingerprint density at radius 3 is 1.96 bits per heavy atom. The van der Waals surface area contributed by atoms with Crippen LogP contribution in [-0.2, 0) is 9.47 Å². The number of rotatable bonds is 4. The molecular formula is C38H46BN5O6. The summed E-state index contributed by atoms with van der Waals surface area (Å²) in [4.78, 5) is 42.6. The second-order valence-corrected chi connectivity index (χ2v) is 15.5. The van der Waals surface area contributed by atoms with E-state index in [4.69, 9.17) is 23.9 Å². The van der Waals surface area contributed by atoms with Crippen molar-refractivity contribution < 1.29 is 28.5 Å². The molecule has 1 N–H and O–H groups in total. The highest BCUT2D eigenvalue weighted by Crippen LogP contribution is 2.47. The van der Waals surface area contributed by atoms with Crippen LogP contribution in [0, 0.1) is 0 Å². The van der Waals surface area contributed by atoms with Crippen LogP contribution >= 0.6 is 0 Å². The number of piperidine rings is 2. The van der Waals surface area contributed by atoms with E-state index in [0.29, 0.717) is 43.4 Å². The van der Waals surface area contributed by atoms with E-state index in [9.17, 15) is 9.59 Å². The third kappa shape index (κ3) is 7.25. The lowest BCUT2D eigenvalue weighted by Gasteiger charge is -2.37. The summed E-state index contributed by atoms with van der Waals surface area (Å²) < 4.78 is 24.1. The number of likely N-dealkylation sites (tertiary alicyclic amines) is 2. The van der Waals surface area contributed by atoms with Crippen LogP contribution in [0.3, 0.4) is 0 Å². The number of carbonyl (C=O) groups excluding carboxylic acids is 2. The van der Waals surface area contributed by atoms with Gasteiger partial charge in [0, 0.05) is 30.5 Å². The molecular weight excluding hydrogens is 633 g/mol. The van der Waals surface area contributed by atoms with Gasteiger partial charge >= 0.3 is 12.2 Å². The van der Waals surface area contributed by atoms with Gasteiger partial charge in [0.05, 0.1) is 24.0 Å². The van der Waals surface area contributed by atoms with Gasteiger partial charge in [-0.1, -0.05) is 11.5 Å². The molecule has 3 aromatic rings. The van der Waals surface area contributed by atoms with Gasteiger partial charge in [-0.05, 0) is 116 Å². The highest BCUT2D eigenvalue weighted by Gasteiger charge is 2.36. The minimum absolute atomic E-state index is 0.0665. The van der Waals surface area contributed by atoms with E-state index < -0.39 is 11.2 Å². The lowest BCUT2D eigenvalue weighted by atomic mass is 9.61. The van der Waals surface area contributed by atoms with Crippen LogP contribution < -0.4 is 9.47 Å². The zero-order chi connectivity index (χ0) is 35.2. The molecule has 2 atom stereocenters. The lowest BCUT2D eigenvalue weighted by Crippen LogP contribution is -2.50. The minimum Gasteiger partial charge on any atom is -0.449 e. The Morgan fingerprint density at radius 1 is 0.780 bits per heavy atom. The van der Waals surface area contributed by atoms with Gasteiger partial charge in [-0.2, -0.15) is 0 Å². The Kier molecular flexibility index (Phi) is 8.90. The van der Waals surface area contributed by atoms with Crippen LogP contribution in [0.4, 0.5) is 9.59 Å². The smallest absolute Gasteiger partial charge is 0.410 e. The molecule has 0 aliphatic carbocycles. The van der Waals surface area contributed by atoms with E-state index in [-0.39, 0.29) is 24.3 Å². The molecule has 2 fully saturated rings. The zero-order valence-corrected chi connectivity index (χ0v) is 29.9. The number of nitrogens with zero attached hydrogens (tertiary/aromatic N) is 4. The number of hydrogen-bond acceptors (Lipinski definition) is 8. The van der Waals surface area contributed by atoms with E-state index in [0.717, 1.165) is 72.3 Å². The van der Waals surface area contributed by atoms with Gasteiger partial charge in [-0.25, -0.2) is 14.6 Å². The zero-order valence-electron chi connectivity index (χ0n) is 29.9. The van der Waals surface area contributed by atoms with Crippen molar-refractivity contribution in [3.8, 4) is 34.3 Å². The Hall–Kier alpha value is -4.74. The molecule has 0 spiro atoms. The summed E-state index contributed by atoms with van der Waals surface area (Å²) in [5.74, 6) is 3.23. The molecule has 7 rings (SSSR count). The average molecular weight is 680 g/mol. The molecule has 12 heteroatoms. The molecule has 5 heterocycles. The monoisotopic (exact) mass is 679 g/mol. The van der Waals surface area contributed by atoms with Crippen molar-refractivity contribution in [2.45, 2.75) is 103 Å². The van der Waals surface area contributed by atoms with Crippen molar-refractivity contribution >= 4 is 30.5 Å². The largest absolute Gasteiger partial charge is 0.449 e. The van der Waals surface area contributed by atoms with Gasteiger partial charge in [-0.3, -0.25) is 9.89 Å². The molecule has 0 bridgehead atoms. The van der Waals surface area contributed by atoms with E-state index in [1.54, 1.807) is 11.1 Å². The maximum atomic E-state index is 13.0. The first-order chi connectivity index (χ1) is 23.8. The van der Waals surface area contributed by atoms with Crippen molar-refractivity contribution in [1.82, 2.24) is 19.8 Å². The summed E-state index contributed by atoms with van der Waals surface area (Å²) >= 11 is 0. The molecule has 50 heavy (non-hydrogen) atoms. The van der Waals surface area contributed by atoms with Crippen molar-refractivity contribution in [2.24, 2.45) is 4.99 Å². The highest BCUT2D eigenvalue weighted by atomic mass is 16.6. The number of hydrogen-bond donors (Lipinski definition) is 1. The van der Waals surface area contributed by atoms with Crippen LogP contribution in [0.2, 0.25) is 0 Å². The maximum absolute atomic E-state index is 13.0. The van der Waals surface area contributed by atoms with Crippen molar-refractivity contribution in [1.29, 1.82) is 0 Å². The standard InChI is InChI=1S/C38H46BN5O6/c1-37(2,3)49-35(45)43-17-9-7-11-27(43)33-39-25(21-40-33)23-13-15-29-31(19-23)47-30-16-14-24(20-32(30)48-29)26-22-41-34(42-26)28-12-8-10-18-44(28)36(46)50-38(4,5)6/h13-16,19-22,27-28,39H,7-12,17-18H2,1-6H3,(H,41,42)/t27-,28-/m0/s1. The quantitative estimate of drug-likeness (QED) is 0.215. The van der Waals surface area contributed by atoms with Crippen LogP contribution in [-0.4, -0.2) is 75.2 Å². The summed E-state index contributed by atoms with van der Waals surface area (Å²) in [6, 6.07) is 11.5. The molecule has 2 saturated heterocycles. The molecule has 0 unspecified atom stereocenters. The number of fused-ring (bicyclic) bond motifs is 2. The molecule has 2 aromatic carbocycles. The summed E-state index contributed by atoms with van der Waals surface area (Å²) in [5, 5.41) is 0. The summed E-state index contributed by atoms with van der Waals surface area (Å²) in [5.41, 5.74) is 3.67. The van der Waals surface area contributed by atoms with Gasteiger partial charge in [0.25, 0.3) is 0 Å². The van der Waals surface area contributed by atoms with E-state index in [1.807, 2.05) is 89.0 Å². The number of benzene rings is 2. The molecule has 0 radical (unpaired) electrons. The van der Waals surface area contributed by atoms with E-state index in [2.05, 4.69) is 9.97 Å². The molecule has 262 valence electrons. The number of aromatic nitrogens is 2. The number of aromatic amines is 1. The van der Waals surface area contributed by atoms with Crippen LogP contribution in [0.15, 0.2) is 53.8 Å². The second kappa shape index (κ2) is 13.2. The predicted octanol–water partition coefficient (Wildman–Crippen LogP) is 8.37. The van der Waals surface area contributed by atoms with Crippen molar-refractivity contribution in [3.63, 3.8) is 0 Å². The lowest BCUT2D eigenvalue weighted by molar-refractivity contribution is 0.00842. The van der Waals surface area contributed by atoms with Gasteiger partial charge < -0.3 is 28.8 Å². The van der Waals surface area contributed by atoms with Gasteiger partial charge in [0.2, 0.25) is 7.28 Å². The maximum Gasteiger partial charge on any atom is 0.410 e. The third-order valence-electron chi connectivity index (χ3n) is 9.32. The fourth-order valence-electron chi connectivity index (χ4n) is 7.00. The van der Waals surface area contributed by atoms with Crippen molar-refractivity contribution in [3.05, 3.63) is 60.2 Å². The van der Waals surface area contributed by atoms with Gasteiger partial charge in [0.15, 0.2) is 23.0 Å². The fourth-order valence-corrected chi connectivity index (χ4v) is 7.00. The van der Waals surface area contributed by atoms with Gasteiger partial charge in [0.1, 0.15) is 17.0 Å². The number of ether oxygens (including phenoxy) is 4. The highest BCUT2D eigenvalue weighted by molar-refractivity contribution is 6.91. The first kappa shape index (κ1) is 33.7. The first-order valence-electron chi connectivity index (χ1n) is 17.8. The average Bonchev–Trinajstić information content (AvgIpc) is 3.77. The number of H-pyrrole nitrogens is 1. The van der Waals surface area contributed by atoms with Crippen LogP contribution in [0.5, 0.6) is 23.0 Å². The summed E-state index contributed by atoms with van der Waals surface area (Å²) in [7, 11) is 0.659. The number of carbonyl (C=O) groups is 2. The van der Waals surface area contributed by atoms with E-state index in [1.165, 1.54) is 0 Å². The number of nitrogens with one attached hydrogen (secondary N) is 1. The molecule has 11 nitrogen and oxygen atoms in total. The molecule has 1 aromatic heterocycles.